The predicted molar refractivity (Wildman–Crippen MR) is 80.8 cm³/mol. The molecule has 3 N–H and O–H groups in total. The molecule has 0 radical (unpaired) electrons. The fourth-order valence-corrected chi connectivity index (χ4v) is 1.94. The van der Waals surface area contributed by atoms with Crippen LogP contribution in [0.5, 0.6) is 5.75 Å². The first-order valence-corrected chi connectivity index (χ1v) is 6.48. The molecule has 2 rings (SSSR count). The van der Waals surface area contributed by atoms with E-state index in [-0.39, 0.29) is 0 Å². The SMILES string of the molecule is Cc1cc(Cl)ccc1OC(=O)c1ccc(NC(N)=O)cc1. The lowest BCUT2D eigenvalue weighted by Crippen LogP contribution is -2.19. The zero-order chi connectivity index (χ0) is 15.4. The van der Waals surface area contributed by atoms with E-state index in [4.69, 9.17) is 22.1 Å². The predicted octanol–water partition coefficient (Wildman–Crippen LogP) is 3.36. The number of nitrogens with two attached hydrogens (primary N) is 1. The summed E-state index contributed by atoms with van der Waals surface area (Å²) in [4.78, 5) is 22.7. The van der Waals surface area contributed by atoms with Gasteiger partial charge in [-0.2, -0.15) is 0 Å². The fourth-order valence-electron chi connectivity index (χ4n) is 1.72. The molecule has 2 aromatic rings. The molecule has 0 fully saturated rings. The van der Waals surface area contributed by atoms with Crippen molar-refractivity contribution in [3.63, 3.8) is 0 Å². The van der Waals surface area contributed by atoms with Crippen LogP contribution in [-0.4, -0.2) is 12.0 Å². The van der Waals surface area contributed by atoms with E-state index >= 15 is 0 Å². The second kappa shape index (κ2) is 6.28. The Kier molecular flexibility index (Phi) is 4.45. The minimum Gasteiger partial charge on any atom is -0.423 e. The van der Waals surface area contributed by atoms with Gasteiger partial charge in [-0.25, -0.2) is 9.59 Å². The first-order valence-electron chi connectivity index (χ1n) is 6.10. The van der Waals surface area contributed by atoms with E-state index in [1.54, 1.807) is 49.4 Å². The molecule has 0 aliphatic carbocycles. The van der Waals surface area contributed by atoms with Gasteiger partial charge in [0.25, 0.3) is 0 Å². The lowest BCUT2D eigenvalue weighted by atomic mass is 10.2. The molecule has 0 unspecified atom stereocenters. The number of urea groups is 1. The Morgan fingerprint density at radius 3 is 2.38 bits per heavy atom. The minimum absolute atomic E-state index is 0.361. The first-order chi connectivity index (χ1) is 9.95. The Morgan fingerprint density at radius 1 is 1.14 bits per heavy atom. The van der Waals surface area contributed by atoms with Crippen LogP contribution in [0.25, 0.3) is 0 Å². The van der Waals surface area contributed by atoms with Crippen LogP contribution in [0.15, 0.2) is 42.5 Å². The van der Waals surface area contributed by atoms with E-state index in [0.29, 0.717) is 22.0 Å². The van der Waals surface area contributed by atoms with Gasteiger partial charge in [-0.1, -0.05) is 11.6 Å². The van der Waals surface area contributed by atoms with Crippen molar-refractivity contribution in [1.29, 1.82) is 0 Å². The lowest BCUT2D eigenvalue weighted by Gasteiger charge is -2.08. The highest BCUT2D eigenvalue weighted by Crippen LogP contribution is 2.23. The number of halogens is 1. The van der Waals surface area contributed by atoms with Crippen molar-refractivity contribution in [3.05, 3.63) is 58.6 Å². The Balaban J connectivity index is 2.11. The normalized spacial score (nSPS) is 10.0. The fraction of sp³-hybridized carbons (Fsp3) is 0.0667. The van der Waals surface area contributed by atoms with Crippen LogP contribution in [0.4, 0.5) is 10.5 Å². The first kappa shape index (κ1) is 14.9. The van der Waals surface area contributed by atoms with Crippen LogP contribution < -0.4 is 15.8 Å². The molecule has 0 heterocycles. The van der Waals surface area contributed by atoms with Gasteiger partial charge in [-0.15, -0.1) is 0 Å². The van der Waals surface area contributed by atoms with E-state index < -0.39 is 12.0 Å². The van der Waals surface area contributed by atoms with E-state index in [2.05, 4.69) is 5.32 Å². The number of hydrogen-bond acceptors (Lipinski definition) is 3. The maximum Gasteiger partial charge on any atom is 0.343 e. The molecule has 0 aliphatic heterocycles. The number of amides is 2. The number of carbonyl (C=O) groups excluding carboxylic acids is 2. The third-order valence-corrected chi connectivity index (χ3v) is 2.96. The summed E-state index contributed by atoms with van der Waals surface area (Å²) in [6.07, 6.45) is 0. The molecule has 21 heavy (non-hydrogen) atoms. The molecule has 0 bridgehead atoms. The van der Waals surface area contributed by atoms with E-state index in [1.165, 1.54) is 0 Å². The lowest BCUT2D eigenvalue weighted by molar-refractivity contribution is 0.0733. The van der Waals surface area contributed by atoms with Crippen molar-refractivity contribution in [3.8, 4) is 5.75 Å². The molecule has 0 atom stereocenters. The largest absolute Gasteiger partial charge is 0.423 e. The van der Waals surface area contributed by atoms with Crippen LogP contribution in [0.3, 0.4) is 0 Å². The number of ether oxygens (including phenoxy) is 1. The van der Waals surface area contributed by atoms with Gasteiger partial charge >= 0.3 is 12.0 Å². The van der Waals surface area contributed by atoms with Crippen LogP contribution in [0.2, 0.25) is 5.02 Å². The zero-order valence-corrected chi connectivity index (χ0v) is 12.0. The molecule has 5 nitrogen and oxygen atoms in total. The number of benzene rings is 2. The number of anilines is 1. The number of primary amides is 1. The minimum atomic E-state index is -0.665. The van der Waals surface area contributed by atoms with Crippen LogP contribution in [0, 0.1) is 6.92 Å². The number of carbonyl (C=O) groups is 2. The number of nitrogens with one attached hydrogen (secondary N) is 1. The second-order valence-electron chi connectivity index (χ2n) is 4.37. The molecule has 2 amide bonds. The molecule has 0 saturated carbocycles. The van der Waals surface area contributed by atoms with Gasteiger partial charge in [-0.05, 0) is 55.0 Å². The number of aryl methyl sites for hydroxylation is 1. The topological polar surface area (TPSA) is 81.4 Å². The van der Waals surface area contributed by atoms with E-state index in [0.717, 1.165) is 5.56 Å². The second-order valence-corrected chi connectivity index (χ2v) is 4.80. The van der Waals surface area contributed by atoms with E-state index in [9.17, 15) is 9.59 Å². The third-order valence-electron chi connectivity index (χ3n) is 2.73. The average Bonchev–Trinajstić information content (AvgIpc) is 2.42. The van der Waals surface area contributed by atoms with Gasteiger partial charge in [0, 0.05) is 10.7 Å². The monoisotopic (exact) mass is 304 g/mol. The molecule has 2 aromatic carbocycles. The molecule has 0 spiro atoms. The number of rotatable bonds is 3. The summed E-state index contributed by atoms with van der Waals surface area (Å²) in [5.74, 6) is -0.0465. The van der Waals surface area contributed by atoms with Gasteiger partial charge in [-0.3, -0.25) is 0 Å². The molecule has 0 saturated heterocycles. The molecule has 0 aliphatic rings. The highest BCUT2D eigenvalue weighted by molar-refractivity contribution is 6.30. The van der Waals surface area contributed by atoms with Gasteiger partial charge in [0.1, 0.15) is 5.75 Å². The quantitative estimate of drug-likeness (QED) is 0.674. The smallest absolute Gasteiger partial charge is 0.343 e. The summed E-state index contributed by atoms with van der Waals surface area (Å²) in [6, 6.07) is 10.5. The summed E-state index contributed by atoms with van der Waals surface area (Å²) < 4.78 is 5.30. The Morgan fingerprint density at radius 2 is 1.81 bits per heavy atom. The van der Waals surface area contributed by atoms with Crippen LogP contribution in [0.1, 0.15) is 15.9 Å². The van der Waals surface area contributed by atoms with Gasteiger partial charge < -0.3 is 15.8 Å². The van der Waals surface area contributed by atoms with Crippen molar-refractivity contribution in [1.82, 2.24) is 0 Å². The molecule has 6 heteroatoms. The highest BCUT2D eigenvalue weighted by atomic mass is 35.5. The maximum absolute atomic E-state index is 12.0. The highest BCUT2D eigenvalue weighted by Gasteiger charge is 2.10. The third kappa shape index (κ3) is 3.97. The molecule has 108 valence electrons. The van der Waals surface area contributed by atoms with Gasteiger partial charge in [0.05, 0.1) is 5.56 Å². The van der Waals surface area contributed by atoms with Crippen molar-refractivity contribution in [2.45, 2.75) is 6.92 Å². The Bertz CT molecular complexity index is 684. The Hall–Kier alpha value is -2.53. The number of hydrogen-bond donors (Lipinski definition) is 2. The van der Waals surface area contributed by atoms with Crippen molar-refractivity contribution in [2.24, 2.45) is 5.73 Å². The Labute approximate surface area is 126 Å². The van der Waals surface area contributed by atoms with Crippen molar-refractivity contribution in [2.75, 3.05) is 5.32 Å². The maximum atomic E-state index is 12.0. The molecular formula is C15H13ClN2O3. The summed E-state index contributed by atoms with van der Waals surface area (Å²) >= 11 is 5.84. The van der Waals surface area contributed by atoms with Crippen LogP contribution >= 0.6 is 11.6 Å². The van der Waals surface area contributed by atoms with Crippen LogP contribution in [-0.2, 0) is 0 Å². The van der Waals surface area contributed by atoms with Gasteiger partial charge in [0.2, 0.25) is 0 Å². The molecular weight excluding hydrogens is 292 g/mol. The zero-order valence-electron chi connectivity index (χ0n) is 11.2. The summed E-state index contributed by atoms with van der Waals surface area (Å²) in [5, 5.41) is 2.99. The van der Waals surface area contributed by atoms with Crippen molar-refractivity contribution >= 4 is 29.3 Å². The van der Waals surface area contributed by atoms with Gasteiger partial charge in [0.15, 0.2) is 0 Å². The summed E-state index contributed by atoms with van der Waals surface area (Å²) in [5.41, 5.74) is 6.63. The molecule has 0 aromatic heterocycles. The van der Waals surface area contributed by atoms with Crippen molar-refractivity contribution < 1.29 is 14.3 Å². The summed E-state index contributed by atoms with van der Waals surface area (Å²) in [6.45, 7) is 1.80. The standard InChI is InChI=1S/C15H13ClN2O3/c1-9-8-11(16)4-7-13(9)21-14(19)10-2-5-12(6-3-10)18-15(17)20/h2-8H,1H3,(H3,17,18,20). The summed E-state index contributed by atoms with van der Waals surface area (Å²) in [7, 11) is 0. The average molecular weight is 305 g/mol. The number of esters is 1. The van der Waals surface area contributed by atoms with E-state index in [1.807, 2.05) is 0 Å².